The maximum absolute atomic E-state index is 6.56. The van der Waals surface area contributed by atoms with Crippen LogP contribution in [0, 0.1) is 0 Å². The highest BCUT2D eigenvalue weighted by Gasteiger charge is 2.39. The molecule has 0 unspecified atom stereocenters. The molecular weight excluding hydrogens is 1700 g/mol. The molecule has 13 nitrogen and oxygen atoms in total. The molecule has 30 rings (SSSR count). The van der Waals surface area contributed by atoms with Crippen LogP contribution in [0.1, 0.15) is 25.0 Å². The van der Waals surface area contributed by atoms with Gasteiger partial charge in [-0.2, -0.15) is 15.0 Å². The van der Waals surface area contributed by atoms with Crippen LogP contribution in [0.2, 0.25) is 0 Å². The first-order valence-electron chi connectivity index (χ1n) is 46.1. The number of thiophene rings is 1. The SMILES string of the molecule is CC1(C)c2ccccc2-c2ccc3c4ccccc4n(-c4ccc(-c5nc(-c6ccccc6)c6c(n5)oc5ccccc56)cc4)c3c21.c1ccc(-c2nc(-c3cccc(-n4c5ccccc5c5ccc6c7ccccc7oc6c54)c3)nc3oc4ccccc4c23)cc1.c1ccc(-c2nc(-c3cccc(-n4c5ccccc5c5ccc6c7ccccc7sc6c54)c3)nc3oc4ccccc4c23)cc1. The molecule has 0 atom stereocenters. The summed E-state index contributed by atoms with van der Waals surface area (Å²) in [7, 11) is 0. The zero-order valence-electron chi connectivity index (χ0n) is 73.9. The molecule has 0 aliphatic heterocycles. The van der Waals surface area contributed by atoms with Gasteiger partial charge in [0.15, 0.2) is 23.1 Å². The highest BCUT2D eigenvalue weighted by Crippen LogP contribution is 2.54. The monoisotopic (exact) mass is 1770 g/mol. The predicted octanol–water partition coefficient (Wildman–Crippen LogP) is 33.0. The van der Waals surface area contributed by atoms with E-state index in [0.717, 1.165) is 155 Å². The van der Waals surface area contributed by atoms with Crippen LogP contribution in [0.25, 0.3) is 270 Å². The number of fused-ring (bicyclic) bond motifs is 30. The number of aromatic nitrogens is 9. The molecule has 1 aliphatic rings. The van der Waals surface area contributed by atoms with E-state index >= 15 is 0 Å². The van der Waals surface area contributed by atoms with Crippen LogP contribution in [0.15, 0.2) is 436 Å². The standard InChI is InChI=1S/C43H29N3O.C40H23N3O2.C40H23N3OS/c1-43(2)34-17-9-6-14-29(34)31-24-25-32-30-15-7-10-18-35(30)46(40(32)38(31)43)28-22-20-27(21-23-28)41-44-39(26-12-4-3-5-13-26)37-33-16-8-11-19-36(33)47-42(37)45-41;1-2-11-24(12-3-1)36-35-31-17-6-9-20-34(31)45-40(35)42-39(41-36)25-13-10-14-26(23-25)43-32-18-7-4-15-27(32)29-21-22-30-28-16-5-8-19-33(28)44-38(30)37(29)43;1-2-11-24(12-3-1)36-35-31-17-5-8-19-33(31)44-40(35)42-39(41-36)25-13-10-14-26(23-25)43-32-18-7-4-15-27(32)29-21-22-30-28-16-6-9-20-34(28)45-38(30)37(29)43/h3-25H,1-2H3;2*1-23H. The lowest BCUT2D eigenvalue weighted by Gasteiger charge is -2.23. The van der Waals surface area contributed by atoms with Gasteiger partial charge in [0.25, 0.3) is 0 Å². The average molecular weight is 1780 g/mol. The maximum atomic E-state index is 6.56. The minimum Gasteiger partial charge on any atom is -0.454 e. The van der Waals surface area contributed by atoms with Crippen molar-refractivity contribution in [2.24, 2.45) is 0 Å². The molecule has 1 aliphatic carbocycles. The molecule has 0 radical (unpaired) electrons. The number of furan rings is 4. The van der Waals surface area contributed by atoms with E-state index in [1.54, 1.807) is 0 Å². The lowest BCUT2D eigenvalue weighted by molar-refractivity contribution is 0.653. The third-order valence-corrected chi connectivity index (χ3v) is 28.9. The van der Waals surface area contributed by atoms with Gasteiger partial charge in [-0.25, -0.2) is 15.0 Å². The molecule has 11 heterocycles. The Bertz CT molecular complexity index is 9670. The van der Waals surface area contributed by atoms with Gasteiger partial charge in [0.05, 0.1) is 71.0 Å². The maximum Gasteiger partial charge on any atom is 0.231 e. The van der Waals surface area contributed by atoms with E-state index in [2.05, 4.69) is 325 Å². The zero-order valence-corrected chi connectivity index (χ0v) is 74.7. The van der Waals surface area contributed by atoms with E-state index in [0.29, 0.717) is 34.6 Å². The van der Waals surface area contributed by atoms with Gasteiger partial charge in [0.2, 0.25) is 17.1 Å². The van der Waals surface area contributed by atoms with Gasteiger partial charge in [0.1, 0.15) is 22.3 Å². The van der Waals surface area contributed by atoms with Crippen molar-refractivity contribution in [3.8, 4) is 96.1 Å². The number of para-hydroxylation sites is 7. The van der Waals surface area contributed by atoms with Gasteiger partial charge in [-0.05, 0) is 125 Å². The Morgan fingerprint density at radius 3 is 1.12 bits per heavy atom. The normalized spacial score (nSPS) is 12.5. The Morgan fingerprint density at radius 1 is 0.241 bits per heavy atom. The summed E-state index contributed by atoms with van der Waals surface area (Å²) in [5.41, 5.74) is 29.8. The second kappa shape index (κ2) is 30.5. The molecule has 11 aromatic heterocycles. The van der Waals surface area contributed by atoms with Gasteiger partial charge >= 0.3 is 0 Å². The first kappa shape index (κ1) is 77.8. The van der Waals surface area contributed by atoms with Crippen LogP contribution in [0.4, 0.5) is 0 Å². The highest BCUT2D eigenvalue weighted by atomic mass is 32.1. The van der Waals surface area contributed by atoms with E-state index in [1.807, 2.05) is 133 Å². The number of rotatable bonds is 9. The van der Waals surface area contributed by atoms with E-state index in [9.17, 15) is 0 Å². The lowest BCUT2D eigenvalue weighted by atomic mass is 9.81. The van der Waals surface area contributed by atoms with Gasteiger partial charge < -0.3 is 31.4 Å². The molecule has 0 saturated carbocycles. The fourth-order valence-electron chi connectivity index (χ4n) is 21.6. The molecule has 137 heavy (non-hydrogen) atoms. The van der Waals surface area contributed by atoms with Crippen molar-refractivity contribution in [1.29, 1.82) is 0 Å². The predicted molar refractivity (Wildman–Crippen MR) is 561 cm³/mol. The van der Waals surface area contributed by atoms with E-state index < -0.39 is 0 Å². The summed E-state index contributed by atoms with van der Waals surface area (Å²) in [6, 6.07) is 146. The molecule has 642 valence electrons. The summed E-state index contributed by atoms with van der Waals surface area (Å²) in [6.45, 7) is 4.72. The molecule has 0 saturated heterocycles. The largest absolute Gasteiger partial charge is 0.454 e. The number of hydrogen-bond donors (Lipinski definition) is 0. The van der Waals surface area contributed by atoms with E-state index in [-0.39, 0.29) is 5.41 Å². The lowest BCUT2D eigenvalue weighted by Crippen LogP contribution is -2.16. The second-order valence-electron chi connectivity index (χ2n) is 35.8. The molecule has 0 spiro atoms. The van der Waals surface area contributed by atoms with E-state index in [4.69, 9.17) is 47.6 Å². The Hall–Kier alpha value is -18.0. The van der Waals surface area contributed by atoms with Crippen LogP contribution < -0.4 is 0 Å². The first-order valence-corrected chi connectivity index (χ1v) is 46.9. The van der Waals surface area contributed by atoms with Crippen LogP contribution in [0.3, 0.4) is 0 Å². The summed E-state index contributed by atoms with van der Waals surface area (Å²) in [5, 5.41) is 18.0. The van der Waals surface area contributed by atoms with Crippen molar-refractivity contribution in [3.63, 3.8) is 0 Å². The number of nitrogens with zero attached hydrogens (tertiary/aromatic N) is 9. The third-order valence-electron chi connectivity index (χ3n) is 27.7. The number of benzene rings is 18. The first-order chi connectivity index (χ1) is 67.7. The molecular formula is C123H75N9O4S. The fraction of sp³-hybridized carbons (Fsp3) is 0.0244. The Morgan fingerprint density at radius 2 is 0.613 bits per heavy atom. The van der Waals surface area contributed by atoms with Crippen molar-refractivity contribution in [2.75, 3.05) is 0 Å². The van der Waals surface area contributed by atoms with E-state index in [1.165, 1.54) is 91.4 Å². The summed E-state index contributed by atoms with van der Waals surface area (Å²) in [5.74, 6) is 1.88. The van der Waals surface area contributed by atoms with Crippen molar-refractivity contribution < 1.29 is 17.7 Å². The molecule has 0 bridgehead atoms. The summed E-state index contributed by atoms with van der Waals surface area (Å²) < 4.78 is 35.2. The van der Waals surface area contributed by atoms with Crippen molar-refractivity contribution in [2.45, 2.75) is 19.3 Å². The molecule has 0 amide bonds. The Labute approximate surface area is 786 Å². The summed E-state index contributed by atoms with van der Waals surface area (Å²) in [4.78, 5) is 30.5. The highest BCUT2D eigenvalue weighted by molar-refractivity contribution is 7.26. The van der Waals surface area contributed by atoms with Crippen LogP contribution in [-0.2, 0) is 5.41 Å². The van der Waals surface area contributed by atoms with Crippen molar-refractivity contribution >= 4 is 185 Å². The van der Waals surface area contributed by atoms with Gasteiger partial charge in [0, 0.05) is 131 Å². The Kier molecular flexibility index (Phi) is 17.3. The van der Waals surface area contributed by atoms with Crippen molar-refractivity contribution in [3.05, 3.63) is 430 Å². The summed E-state index contributed by atoms with van der Waals surface area (Å²) in [6.07, 6.45) is 0. The minimum absolute atomic E-state index is 0.138. The van der Waals surface area contributed by atoms with Gasteiger partial charge in [-0.1, -0.05) is 329 Å². The molecule has 14 heteroatoms. The number of hydrogen-bond acceptors (Lipinski definition) is 11. The zero-order chi connectivity index (χ0) is 90.2. The molecule has 0 N–H and O–H groups in total. The fourth-order valence-corrected chi connectivity index (χ4v) is 22.8. The molecule has 18 aromatic carbocycles. The summed E-state index contributed by atoms with van der Waals surface area (Å²) >= 11 is 1.86. The van der Waals surface area contributed by atoms with Crippen LogP contribution in [-0.4, -0.2) is 43.6 Å². The van der Waals surface area contributed by atoms with Gasteiger partial charge in [-0.3, -0.25) is 0 Å². The second-order valence-corrected chi connectivity index (χ2v) is 36.8. The smallest absolute Gasteiger partial charge is 0.231 e. The van der Waals surface area contributed by atoms with Crippen LogP contribution in [0.5, 0.6) is 0 Å². The average Bonchev–Trinajstić information content (AvgIpc) is 1.53. The quantitative estimate of drug-likeness (QED) is 0.137. The van der Waals surface area contributed by atoms with Gasteiger partial charge in [-0.15, -0.1) is 11.3 Å². The molecule has 29 aromatic rings. The van der Waals surface area contributed by atoms with Crippen molar-refractivity contribution in [1.82, 2.24) is 43.6 Å². The minimum atomic E-state index is -0.138. The molecule has 0 fully saturated rings. The Balaban J connectivity index is 0.000000102. The topological polar surface area (TPSA) is 145 Å². The third kappa shape index (κ3) is 12.1. The van der Waals surface area contributed by atoms with Crippen LogP contribution >= 0.6 is 11.3 Å².